The summed E-state index contributed by atoms with van der Waals surface area (Å²) in [5.74, 6) is -1.01. The molecule has 1 nitrogen and oxygen atoms in total. The summed E-state index contributed by atoms with van der Waals surface area (Å²) in [7, 11) is 0. The fourth-order valence-corrected chi connectivity index (χ4v) is 3.98. The van der Waals surface area contributed by atoms with E-state index in [9.17, 15) is 18.0 Å². The van der Waals surface area contributed by atoms with Gasteiger partial charge in [0.2, 0.25) is 0 Å². The number of alkyl halides is 3. The summed E-state index contributed by atoms with van der Waals surface area (Å²) in [5, 5.41) is 0. The predicted molar refractivity (Wildman–Crippen MR) is 90.6 cm³/mol. The van der Waals surface area contributed by atoms with Crippen molar-refractivity contribution in [2.24, 2.45) is 11.8 Å². The van der Waals surface area contributed by atoms with E-state index in [1.807, 2.05) is 27.7 Å². The van der Waals surface area contributed by atoms with Gasteiger partial charge >= 0.3 is 6.18 Å². The second-order valence-corrected chi connectivity index (χ2v) is 7.39. The molecule has 0 spiro atoms. The maximum absolute atomic E-state index is 12.8. The van der Waals surface area contributed by atoms with E-state index in [-0.39, 0.29) is 24.5 Å². The summed E-state index contributed by atoms with van der Waals surface area (Å²) in [6.45, 7) is 10.1. The minimum absolute atomic E-state index is 0.0804. The summed E-state index contributed by atoms with van der Waals surface area (Å²) in [6.07, 6.45) is -2.41. The zero-order chi connectivity index (χ0) is 18.2. The van der Waals surface area contributed by atoms with Crippen LogP contribution in [0.5, 0.6) is 0 Å². The van der Waals surface area contributed by atoms with E-state index in [0.717, 1.165) is 27.8 Å². The number of hydrogen-bond acceptors (Lipinski definition) is 1. The topological polar surface area (TPSA) is 17.1 Å². The van der Waals surface area contributed by atoms with Gasteiger partial charge in [0.25, 0.3) is 0 Å². The smallest absolute Gasteiger partial charge is 0.294 e. The van der Waals surface area contributed by atoms with E-state index in [1.54, 1.807) is 0 Å². The van der Waals surface area contributed by atoms with E-state index < -0.39 is 12.1 Å². The van der Waals surface area contributed by atoms with E-state index in [4.69, 9.17) is 0 Å². The van der Waals surface area contributed by atoms with Crippen LogP contribution in [-0.2, 0) is 0 Å². The predicted octanol–water partition coefficient (Wildman–Crippen LogP) is 6.17. The molecule has 134 valence electrons. The molecule has 1 fully saturated rings. The fraction of sp³-hybridized carbons (Fsp3) is 0.650. The lowest BCUT2D eigenvalue weighted by Crippen LogP contribution is -2.28. The van der Waals surface area contributed by atoms with Gasteiger partial charge in [0.15, 0.2) is 5.78 Å². The first-order valence-corrected chi connectivity index (χ1v) is 8.70. The van der Waals surface area contributed by atoms with Crippen molar-refractivity contribution in [3.8, 4) is 0 Å². The van der Waals surface area contributed by atoms with Gasteiger partial charge in [0.1, 0.15) is 0 Å². The van der Waals surface area contributed by atoms with Gasteiger partial charge in [0, 0.05) is 12.0 Å². The lowest BCUT2D eigenvalue weighted by molar-refractivity contribution is -0.183. The maximum atomic E-state index is 12.8. The molecule has 0 amide bonds. The normalized spacial score (nSPS) is 21.8. The second-order valence-electron chi connectivity index (χ2n) is 7.39. The zero-order valence-corrected chi connectivity index (χ0v) is 15.2. The standard InChI is InChI=1S/C20H27F3O/c1-11-12(2)14(4)19(15(5)13(11)3)18(24)10-16-6-8-17(9-7-16)20(21,22)23/h16-17H,6-10H2,1-5H3. The molecular weight excluding hydrogens is 313 g/mol. The van der Waals surface area contributed by atoms with Gasteiger partial charge in [-0.25, -0.2) is 0 Å². The van der Waals surface area contributed by atoms with Crippen molar-refractivity contribution in [2.75, 3.05) is 0 Å². The lowest BCUT2D eigenvalue weighted by Gasteiger charge is -2.29. The van der Waals surface area contributed by atoms with Gasteiger partial charge in [-0.3, -0.25) is 4.79 Å². The second kappa shape index (κ2) is 6.89. The molecule has 1 saturated carbocycles. The summed E-state index contributed by atoms with van der Waals surface area (Å²) in [4.78, 5) is 12.8. The molecule has 0 unspecified atom stereocenters. The summed E-state index contributed by atoms with van der Waals surface area (Å²) in [6, 6.07) is 0. The number of ketones is 1. The Hall–Kier alpha value is -1.32. The molecule has 0 atom stereocenters. The molecule has 1 aromatic carbocycles. The minimum Gasteiger partial charge on any atom is -0.294 e. The number of halogens is 3. The van der Waals surface area contributed by atoms with Crippen LogP contribution in [0.4, 0.5) is 13.2 Å². The highest BCUT2D eigenvalue weighted by Gasteiger charge is 2.41. The van der Waals surface area contributed by atoms with Crippen molar-refractivity contribution in [2.45, 2.75) is 72.9 Å². The minimum atomic E-state index is -4.09. The van der Waals surface area contributed by atoms with Crippen LogP contribution in [0, 0.1) is 46.5 Å². The van der Waals surface area contributed by atoms with Crippen LogP contribution in [0.3, 0.4) is 0 Å². The van der Waals surface area contributed by atoms with Crippen LogP contribution in [0.2, 0.25) is 0 Å². The third-order valence-corrected chi connectivity index (χ3v) is 6.06. The molecule has 1 aromatic rings. The van der Waals surface area contributed by atoms with Gasteiger partial charge in [-0.15, -0.1) is 0 Å². The largest absolute Gasteiger partial charge is 0.391 e. The Morgan fingerprint density at radius 2 is 1.25 bits per heavy atom. The van der Waals surface area contributed by atoms with E-state index in [2.05, 4.69) is 6.92 Å². The lowest BCUT2D eigenvalue weighted by atomic mass is 9.78. The van der Waals surface area contributed by atoms with Gasteiger partial charge in [-0.1, -0.05) is 0 Å². The van der Waals surface area contributed by atoms with Crippen molar-refractivity contribution < 1.29 is 18.0 Å². The monoisotopic (exact) mass is 340 g/mol. The molecule has 24 heavy (non-hydrogen) atoms. The van der Waals surface area contributed by atoms with Crippen LogP contribution in [0.1, 0.15) is 70.3 Å². The summed E-state index contributed by atoms with van der Waals surface area (Å²) < 4.78 is 38.3. The Labute approximate surface area is 142 Å². The van der Waals surface area contributed by atoms with Crippen molar-refractivity contribution >= 4 is 5.78 Å². The molecule has 0 radical (unpaired) electrons. The first-order valence-electron chi connectivity index (χ1n) is 8.70. The highest BCUT2D eigenvalue weighted by atomic mass is 19.4. The molecule has 0 bridgehead atoms. The molecule has 0 aromatic heterocycles. The number of hydrogen-bond donors (Lipinski definition) is 0. The molecule has 1 aliphatic carbocycles. The average Bonchev–Trinajstić information content (AvgIpc) is 2.51. The van der Waals surface area contributed by atoms with Crippen molar-refractivity contribution in [1.29, 1.82) is 0 Å². The quantitative estimate of drug-likeness (QED) is 0.601. The van der Waals surface area contributed by atoms with Gasteiger partial charge in [0.05, 0.1) is 5.92 Å². The third kappa shape index (κ3) is 3.68. The first kappa shape index (κ1) is 19.0. The Morgan fingerprint density at radius 3 is 1.67 bits per heavy atom. The third-order valence-electron chi connectivity index (χ3n) is 6.06. The summed E-state index contributed by atoms with van der Waals surface area (Å²) >= 11 is 0. The Morgan fingerprint density at radius 1 is 0.833 bits per heavy atom. The Kier molecular flexibility index (Phi) is 5.46. The number of Topliss-reactive ketones (excluding diaryl/α,β-unsaturated/α-hetero) is 1. The molecule has 0 heterocycles. The van der Waals surface area contributed by atoms with Crippen LogP contribution in [0.15, 0.2) is 0 Å². The highest BCUT2D eigenvalue weighted by Crippen LogP contribution is 2.41. The average molecular weight is 340 g/mol. The van der Waals surface area contributed by atoms with Crippen LogP contribution in [0.25, 0.3) is 0 Å². The van der Waals surface area contributed by atoms with Gasteiger partial charge in [-0.05, 0) is 94.0 Å². The highest BCUT2D eigenvalue weighted by molar-refractivity contribution is 5.99. The number of rotatable bonds is 3. The Bertz CT molecular complexity index is 606. The molecule has 1 aliphatic rings. The van der Waals surface area contributed by atoms with E-state index in [1.165, 1.54) is 5.56 Å². The van der Waals surface area contributed by atoms with Crippen molar-refractivity contribution in [3.63, 3.8) is 0 Å². The van der Waals surface area contributed by atoms with E-state index in [0.29, 0.717) is 19.3 Å². The molecule has 0 aliphatic heterocycles. The van der Waals surface area contributed by atoms with E-state index >= 15 is 0 Å². The van der Waals surface area contributed by atoms with Crippen LogP contribution < -0.4 is 0 Å². The zero-order valence-electron chi connectivity index (χ0n) is 15.2. The number of benzene rings is 1. The van der Waals surface area contributed by atoms with Gasteiger partial charge in [-0.2, -0.15) is 13.2 Å². The fourth-order valence-electron chi connectivity index (χ4n) is 3.98. The van der Waals surface area contributed by atoms with Crippen molar-refractivity contribution in [3.05, 3.63) is 33.4 Å². The SMILES string of the molecule is Cc1c(C)c(C)c(C(=O)CC2CCC(C(F)(F)F)CC2)c(C)c1C. The van der Waals surface area contributed by atoms with Crippen LogP contribution in [-0.4, -0.2) is 12.0 Å². The molecule has 2 rings (SSSR count). The first-order chi connectivity index (χ1) is 11.0. The number of carbonyl (C=O) groups excluding carboxylic acids is 1. The van der Waals surface area contributed by atoms with Crippen molar-refractivity contribution in [1.82, 2.24) is 0 Å². The summed E-state index contributed by atoms with van der Waals surface area (Å²) in [5.41, 5.74) is 6.32. The Balaban J connectivity index is 2.12. The maximum Gasteiger partial charge on any atom is 0.391 e. The number of carbonyl (C=O) groups is 1. The van der Waals surface area contributed by atoms with Crippen LogP contribution >= 0.6 is 0 Å². The molecule has 4 heteroatoms. The molecular formula is C20H27F3O. The van der Waals surface area contributed by atoms with Gasteiger partial charge < -0.3 is 0 Å². The molecule has 0 N–H and O–H groups in total. The molecule has 0 saturated heterocycles.